The van der Waals surface area contributed by atoms with E-state index >= 15 is 0 Å². The number of aromatic amines is 1. The van der Waals surface area contributed by atoms with E-state index in [0.717, 1.165) is 11.8 Å². The molecule has 0 unspecified atom stereocenters. The summed E-state index contributed by atoms with van der Waals surface area (Å²) in [4.78, 5) is 24.2. The molecule has 0 saturated heterocycles. The molecule has 0 bridgehead atoms. The van der Waals surface area contributed by atoms with Gasteiger partial charge in [-0.25, -0.2) is 9.48 Å². The molecule has 1 aromatic heterocycles. The van der Waals surface area contributed by atoms with Crippen LogP contribution in [0.2, 0.25) is 0 Å². The van der Waals surface area contributed by atoms with Gasteiger partial charge in [0.2, 0.25) is 0 Å². The van der Waals surface area contributed by atoms with Gasteiger partial charge in [-0.05, 0) is 5.56 Å². The van der Waals surface area contributed by atoms with Crippen LogP contribution in [0.1, 0.15) is 5.56 Å². The number of hydrogen-bond donors (Lipinski definition) is 1. The monoisotopic (exact) mass is 229 g/mol. The lowest BCUT2D eigenvalue weighted by atomic mass is 10.2. The zero-order chi connectivity index (χ0) is 12.1. The Balaban J connectivity index is 2.10. The van der Waals surface area contributed by atoms with Crippen molar-refractivity contribution in [1.82, 2.24) is 14.8 Å². The van der Waals surface area contributed by atoms with E-state index in [0.29, 0.717) is 6.54 Å². The lowest BCUT2D eigenvalue weighted by Gasteiger charge is -1.97. The zero-order valence-electron chi connectivity index (χ0n) is 9.04. The summed E-state index contributed by atoms with van der Waals surface area (Å²) in [7, 11) is 0. The molecule has 0 radical (unpaired) electrons. The second kappa shape index (κ2) is 5.07. The number of nitrogens with zero attached hydrogens (tertiary/aromatic N) is 2. The predicted octanol–water partition coefficient (Wildman–Crippen LogP) is 0.645. The number of H-pyrrole nitrogens is 1. The highest BCUT2D eigenvalue weighted by atomic mass is 16.2. The van der Waals surface area contributed by atoms with Gasteiger partial charge in [0.25, 0.3) is 5.56 Å². The Morgan fingerprint density at radius 3 is 2.71 bits per heavy atom. The standard InChI is InChI=1S/C12H11N3O2/c16-11-9-13-15(12(17)14-11)8-4-7-10-5-2-1-3-6-10/h1-7,9H,8H2,(H,14,16,17)/b7-4+. The number of aromatic nitrogens is 3. The first-order valence-electron chi connectivity index (χ1n) is 5.14. The van der Waals surface area contributed by atoms with Crippen molar-refractivity contribution in [2.24, 2.45) is 0 Å². The SMILES string of the molecule is O=c1cnn(C/C=C/c2ccccc2)c(=O)[nH]1. The summed E-state index contributed by atoms with van der Waals surface area (Å²) in [5.74, 6) is 0. The van der Waals surface area contributed by atoms with Crippen molar-refractivity contribution >= 4 is 6.08 Å². The molecule has 1 N–H and O–H groups in total. The fourth-order valence-corrected chi connectivity index (χ4v) is 1.36. The van der Waals surface area contributed by atoms with Gasteiger partial charge < -0.3 is 0 Å². The van der Waals surface area contributed by atoms with E-state index in [1.807, 2.05) is 42.5 Å². The molecule has 17 heavy (non-hydrogen) atoms. The molecule has 0 aliphatic heterocycles. The third-order valence-corrected chi connectivity index (χ3v) is 2.17. The van der Waals surface area contributed by atoms with Gasteiger partial charge in [-0.15, -0.1) is 0 Å². The van der Waals surface area contributed by atoms with Crippen molar-refractivity contribution in [2.45, 2.75) is 6.54 Å². The Labute approximate surface area is 97.1 Å². The van der Waals surface area contributed by atoms with Crippen LogP contribution >= 0.6 is 0 Å². The molecule has 5 heteroatoms. The zero-order valence-corrected chi connectivity index (χ0v) is 9.04. The van der Waals surface area contributed by atoms with E-state index in [1.165, 1.54) is 4.68 Å². The molecular formula is C12H11N3O2. The van der Waals surface area contributed by atoms with Gasteiger partial charge >= 0.3 is 5.69 Å². The van der Waals surface area contributed by atoms with Crippen LogP contribution in [0.15, 0.2) is 52.2 Å². The molecule has 1 heterocycles. The normalized spacial score (nSPS) is 10.8. The highest BCUT2D eigenvalue weighted by Crippen LogP contribution is 2.00. The smallest absolute Gasteiger partial charge is 0.271 e. The van der Waals surface area contributed by atoms with Gasteiger partial charge in [0.1, 0.15) is 6.20 Å². The first-order chi connectivity index (χ1) is 8.25. The summed E-state index contributed by atoms with van der Waals surface area (Å²) < 4.78 is 1.18. The van der Waals surface area contributed by atoms with Crippen molar-refractivity contribution in [1.29, 1.82) is 0 Å². The minimum absolute atomic E-state index is 0.324. The van der Waals surface area contributed by atoms with E-state index < -0.39 is 11.2 Å². The van der Waals surface area contributed by atoms with Gasteiger partial charge in [0.05, 0.1) is 6.54 Å². The van der Waals surface area contributed by atoms with E-state index in [1.54, 1.807) is 0 Å². The van der Waals surface area contributed by atoms with Crippen LogP contribution in [-0.2, 0) is 6.54 Å². The quantitative estimate of drug-likeness (QED) is 0.840. The predicted molar refractivity (Wildman–Crippen MR) is 64.6 cm³/mol. The highest BCUT2D eigenvalue weighted by Gasteiger charge is 1.94. The molecule has 1 aromatic carbocycles. The molecule has 0 fully saturated rings. The molecule has 0 spiro atoms. The van der Waals surface area contributed by atoms with Gasteiger partial charge in [0, 0.05) is 0 Å². The molecule has 86 valence electrons. The second-order valence-electron chi connectivity index (χ2n) is 3.43. The molecule has 0 aliphatic rings. The van der Waals surface area contributed by atoms with Crippen molar-refractivity contribution in [2.75, 3.05) is 0 Å². The van der Waals surface area contributed by atoms with Crippen LogP contribution < -0.4 is 11.2 Å². The van der Waals surface area contributed by atoms with Crippen molar-refractivity contribution in [3.8, 4) is 0 Å². The maximum Gasteiger partial charge on any atom is 0.345 e. The molecule has 0 saturated carbocycles. The molecule has 0 amide bonds. The van der Waals surface area contributed by atoms with Crippen molar-refractivity contribution in [3.05, 3.63) is 69.0 Å². The third kappa shape index (κ3) is 3.01. The Morgan fingerprint density at radius 2 is 2.00 bits per heavy atom. The summed E-state index contributed by atoms with van der Waals surface area (Å²) >= 11 is 0. The lowest BCUT2D eigenvalue weighted by molar-refractivity contribution is 0.619. The second-order valence-corrected chi connectivity index (χ2v) is 3.43. The van der Waals surface area contributed by atoms with Crippen LogP contribution in [0.5, 0.6) is 0 Å². The topological polar surface area (TPSA) is 67.8 Å². The highest BCUT2D eigenvalue weighted by molar-refractivity contribution is 5.48. The molecule has 2 rings (SSSR count). The average Bonchev–Trinajstić information content (AvgIpc) is 2.33. The minimum Gasteiger partial charge on any atom is -0.271 e. The molecule has 0 atom stereocenters. The Bertz CT molecular complexity index is 626. The number of rotatable bonds is 3. The Hall–Kier alpha value is -2.43. The van der Waals surface area contributed by atoms with E-state index in [2.05, 4.69) is 10.1 Å². The molecule has 0 aliphatic carbocycles. The average molecular weight is 229 g/mol. The fraction of sp³-hybridized carbons (Fsp3) is 0.0833. The Morgan fingerprint density at radius 1 is 1.24 bits per heavy atom. The van der Waals surface area contributed by atoms with Crippen LogP contribution in [-0.4, -0.2) is 14.8 Å². The maximum absolute atomic E-state index is 11.3. The van der Waals surface area contributed by atoms with Crippen LogP contribution in [0.3, 0.4) is 0 Å². The summed E-state index contributed by atoms with van der Waals surface area (Å²) in [6, 6.07) is 9.72. The largest absolute Gasteiger partial charge is 0.345 e. The summed E-state index contributed by atoms with van der Waals surface area (Å²) in [6.07, 6.45) is 4.78. The maximum atomic E-state index is 11.3. The van der Waals surface area contributed by atoms with E-state index in [4.69, 9.17) is 0 Å². The number of hydrogen-bond acceptors (Lipinski definition) is 3. The van der Waals surface area contributed by atoms with Crippen molar-refractivity contribution < 1.29 is 0 Å². The van der Waals surface area contributed by atoms with Crippen LogP contribution in [0.25, 0.3) is 6.08 Å². The first kappa shape index (κ1) is 11.1. The van der Waals surface area contributed by atoms with Crippen LogP contribution in [0, 0.1) is 0 Å². The van der Waals surface area contributed by atoms with Gasteiger partial charge in [-0.1, -0.05) is 42.5 Å². The Kier molecular flexibility index (Phi) is 3.30. The number of benzene rings is 1. The third-order valence-electron chi connectivity index (χ3n) is 2.17. The molecular weight excluding hydrogens is 218 g/mol. The minimum atomic E-state index is -0.504. The molecule has 5 nitrogen and oxygen atoms in total. The summed E-state index contributed by atoms with van der Waals surface area (Å²) in [6.45, 7) is 0.324. The van der Waals surface area contributed by atoms with E-state index in [-0.39, 0.29) is 0 Å². The lowest BCUT2D eigenvalue weighted by Crippen LogP contribution is -2.31. The first-order valence-corrected chi connectivity index (χ1v) is 5.14. The van der Waals surface area contributed by atoms with E-state index in [9.17, 15) is 9.59 Å². The van der Waals surface area contributed by atoms with Crippen molar-refractivity contribution in [3.63, 3.8) is 0 Å². The summed E-state index contributed by atoms with van der Waals surface area (Å²) in [5.41, 5.74) is 0.0541. The number of allylic oxidation sites excluding steroid dienone is 1. The molecule has 2 aromatic rings. The van der Waals surface area contributed by atoms with Crippen LogP contribution in [0.4, 0.5) is 0 Å². The summed E-state index contributed by atoms with van der Waals surface area (Å²) in [5, 5.41) is 3.72. The number of nitrogens with one attached hydrogen (secondary N) is 1. The van der Waals surface area contributed by atoms with Gasteiger partial charge in [0.15, 0.2) is 0 Å². The van der Waals surface area contributed by atoms with Gasteiger partial charge in [-0.3, -0.25) is 9.78 Å². The fourth-order valence-electron chi connectivity index (χ4n) is 1.36. The van der Waals surface area contributed by atoms with Gasteiger partial charge in [-0.2, -0.15) is 5.10 Å².